The zero-order valence-electron chi connectivity index (χ0n) is 35.2. The number of hydrogen-bond donors (Lipinski definition) is 27. The Morgan fingerprint density at radius 1 is 0.239 bits per heavy atom. The van der Waals surface area contributed by atoms with E-state index in [2.05, 4.69) is 0 Å². The lowest BCUT2D eigenvalue weighted by Crippen LogP contribution is -2.46. The Labute approximate surface area is 378 Å². The van der Waals surface area contributed by atoms with Crippen LogP contribution >= 0.6 is 0 Å². The monoisotopic (exact) mass is 1000 g/mol. The van der Waals surface area contributed by atoms with Gasteiger partial charge in [-0.15, -0.1) is 0 Å². The molecule has 22 atom stereocenters. The van der Waals surface area contributed by atoms with E-state index in [9.17, 15) is 28.8 Å². The van der Waals surface area contributed by atoms with Crippen LogP contribution in [0.4, 0.5) is 0 Å². The molecule has 67 heavy (non-hydrogen) atoms. The number of carbonyl (C=O) groups is 6. The maximum Gasteiger partial charge on any atom is 0.151 e. The van der Waals surface area contributed by atoms with E-state index in [0.717, 1.165) is 0 Å². The normalized spacial score (nSPS) is 20.8. The third kappa shape index (κ3) is 34.0. The highest BCUT2D eigenvalue weighted by Crippen LogP contribution is 2.06. The summed E-state index contributed by atoms with van der Waals surface area (Å²) in [4.78, 5) is 59.1. The van der Waals surface area contributed by atoms with E-state index in [1.807, 2.05) is 0 Å². The molecular weight excluding hydrogens is 936 g/mol. The fourth-order valence-corrected chi connectivity index (χ4v) is 3.25. The molecule has 0 spiro atoms. The SMILES string of the molecule is CC(O)C(O)C(O)C(O)C=O.O=CC(O)C(O)C(O)C(O)CO.O=CC(O)C(O)C(O)C(O)CO.O=CC(O)C(O)C(O)C(O)CO.O=CC(O)C(O)C(O)CO.O=CC(O)C(O)C(O)CO. The van der Waals surface area contributed by atoms with E-state index in [4.69, 9.17) is 138 Å². The maximum atomic E-state index is 9.90. The van der Waals surface area contributed by atoms with Crippen LogP contribution in [0.15, 0.2) is 0 Å². The third-order valence-corrected chi connectivity index (χ3v) is 7.74. The topological polar surface area (TPSA) is 649 Å². The lowest BCUT2D eigenvalue weighted by molar-refractivity contribution is -0.136. The predicted molar refractivity (Wildman–Crippen MR) is 210 cm³/mol. The molecule has 0 fully saturated rings. The maximum absolute atomic E-state index is 9.90. The van der Waals surface area contributed by atoms with Crippen molar-refractivity contribution in [2.75, 3.05) is 33.0 Å². The summed E-state index contributed by atoms with van der Waals surface area (Å²) in [5, 5.41) is 234. The molecule has 0 rings (SSSR count). The predicted octanol–water partition coefficient (Wildman–Crippen LogP) is -18.0. The van der Waals surface area contributed by atoms with Crippen molar-refractivity contribution in [1.29, 1.82) is 0 Å². The van der Waals surface area contributed by atoms with Crippen molar-refractivity contribution in [3.05, 3.63) is 0 Å². The van der Waals surface area contributed by atoms with Crippen LogP contribution in [0.2, 0.25) is 0 Å². The minimum atomic E-state index is -1.79. The number of carbonyl (C=O) groups excluding carboxylic acids is 6. The van der Waals surface area contributed by atoms with Crippen molar-refractivity contribution in [3.8, 4) is 0 Å². The second-order valence-electron chi connectivity index (χ2n) is 13.2. The van der Waals surface area contributed by atoms with Gasteiger partial charge in [-0.3, -0.25) is 0 Å². The van der Waals surface area contributed by atoms with Gasteiger partial charge in [0.25, 0.3) is 0 Å². The molecule has 0 aromatic heterocycles. The van der Waals surface area contributed by atoms with Gasteiger partial charge in [-0.05, 0) is 6.92 Å². The molecule has 0 saturated heterocycles. The summed E-state index contributed by atoms with van der Waals surface area (Å²) in [7, 11) is 0. The molecule has 0 radical (unpaired) electrons. The van der Waals surface area contributed by atoms with Crippen LogP contribution in [0.1, 0.15) is 6.92 Å². The van der Waals surface area contributed by atoms with E-state index in [1.165, 1.54) is 6.92 Å². The van der Waals surface area contributed by atoms with Gasteiger partial charge >= 0.3 is 0 Å². The molecule has 27 N–H and O–H groups in total. The fourth-order valence-electron chi connectivity index (χ4n) is 3.25. The molecule has 0 aromatic rings. The summed E-state index contributed by atoms with van der Waals surface area (Å²) >= 11 is 0. The van der Waals surface area contributed by atoms with Crippen LogP contribution in [0.25, 0.3) is 0 Å². The Morgan fingerprint density at radius 2 is 0.373 bits per heavy atom. The van der Waals surface area contributed by atoms with Crippen LogP contribution in [0.3, 0.4) is 0 Å². The van der Waals surface area contributed by atoms with Crippen molar-refractivity contribution in [2.24, 2.45) is 0 Å². The quantitative estimate of drug-likeness (QED) is 0.0340. The van der Waals surface area contributed by atoms with Crippen molar-refractivity contribution >= 4 is 37.7 Å². The molecule has 22 unspecified atom stereocenters. The minimum absolute atomic E-state index is 0.0258. The summed E-state index contributed by atoms with van der Waals surface area (Å²) in [6, 6.07) is 0. The molecular formula is C34H68O33. The average Bonchev–Trinajstić information content (AvgIpc) is 3.36. The van der Waals surface area contributed by atoms with E-state index < -0.39 is 167 Å². The Hall–Kier alpha value is -3.06. The lowest BCUT2D eigenvalue weighted by Gasteiger charge is -2.22. The van der Waals surface area contributed by atoms with Gasteiger partial charge in [0.05, 0.1) is 39.1 Å². The summed E-state index contributed by atoms with van der Waals surface area (Å²) in [5.41, 5.74) is 0. The van der Waals surface area contributed by atoms with Crippen molar-refractivity contribution in [2.45, 2.75) is 141 Å². The summed E-state index contributed by atoms with van der Waals surface area (Å²) < 4.78 is 0. The lowest BCUT2D eigenvalue weighted by atomic mass is 10.0. The van der Waals surface area contributed by atoms with Gasteiger partial charge in [-0.1, -0.05) is 0 Å². The first-order valence-corrected chi connectivity index (χ1v) is 18.6. The number of aliphatic hydroxyl groups is 27. The Kier molecular flexibility index (Phi) is 49.7. The molecule has 0 aliphatic carbocycles. The third-order valence-electron chi connectivity index (χ3n) is 7.74. The molecule has 0 aromatic carbocycles. The smallest absolute Gasteiger partial charge is 0.151 e. The van der Waals surface area contributed by atoms with Crippen LogP contribution in [0.5, 0.6) is 0 Å². The molecule has 0 bridgehead atoms. The van der Waals surface area contributed by atoms with Gasteiger partial charge in [0.1, 0.15) is 128 Å². The second kappa shape index (κ2) is 44.2. The Bertz CT molecular complexity index is 1100. The van der Waals surface area contributed by atoms with Crippen molar-refractivity contribution in [3.63, 3.8) is 0 Å². The van der Waals surface area contributed by atoms with Crippen LogP contribution in [-0.2, 0) is 28.8 Å². The Morgan fingerprint density at radius 3 is 0.507 bits per heavy atom. The summed E-state index contributed by atoms with van der Waals surface area (Å²) in [5.74, 6) is 0. The van der Waals surface area contributed by atoms with Crippen LogP contribution in [-0.4, -0.2) is 343 Å². The average molecular weight is 1000 g/mol. The molecule has 0 amide bonds. The van der Waals surface area contributed by atoms with Crippen molar-refractivity contribution in [1.82, 2.24) is 0 Å². The molecule has 0 heterocycles. The van der Waals surface area contributed by atoms with Gasteiger partial charge in [0.2, 0.25) is 0 Å². The van der Waals surface area contributed by atoms with Crippen LogP contribution in [0, 0.1) is 0 Å². The highest BCUT2D eigenvalue weighted by molar-refractivity contribution is 5.58. The largest absolute Gasteiger partial charge is 0.394 e. The number of aliphatic hydroxyl groups excluding tert-OH is 27. The van der Waals surface area contributed by atoms with Gasteiger partial charge in [0, 0.05) is 0 Å². The zero-order chi connectivity index (χ0) is 54.5. The van der Waals surface area contributed by atoms with E-state index >= 15 is 0 Å². The first-order valence-electron chi connectivity index (χ1n) is 18.6. The first-order chi connectivity index (χ1) is 30.9. The minimum Gasteiger partial charge on any atom is -0.394 e. The second-order valence-corrected chi connectivity index (χ2v) is 13.2. The number of aldehydes is 6. The zero-order valence-corrected chi connectivity index (χ0v) is 35.2. The van der Waals surface area contributed by atoms with E-state index in [1.54, 1.807) is 0 Å². The van der Waals surface area contributed by atoms with Gasteiger partial charge < -0.3 is 167 Å². The molecule has 33 heteroatoms. The molecule has 402 valence electrons. The highest BCUT2D eigenvalue weighted by Gasteiger charge is 2.32. The molecule has 0 aliphatic heterocycles. The van der Waals surface area contributed by atoms with Gasteiger partial charge in [0.15, 0.2) is 37.7 Å². The van der Waals surface area contributed by atoms with Gasteiger partial charge in [-0.25, -0.2) is 0 Å². The van der Waals surface area contributed by atoms with Crippen LogP contribution < -0.4 is 0 Å². The molecule has 33 nitrogen and oxygen atoms in total. The highest BCUT2D eigenvalue weighted by atomic mass is 16.4. The summed E-state index contributed by atoms with van der Waals surface area (Å²) in [6.45, 7) is -2.42. The first kappa shape index (κ1) is 75.5. The number of rotatable bonds is 27. The number of hydrogen-bond acceptors (Lipinski definition) is 33. The molecule has 0 aliphatic rings. The fraction of sp³-hybridized carbons (Fsp3) is 0.824. The van der Waals surface area contributed by atoms with E-state index in [-0.39, 0.29) is 37.7 Å². The van der Waals surface area contributed by atoms with Crippen molar-refractivity contribution < 1.29 is 167 Å². The summed E-state index contributed by atoms with van der Waals surface area (Å²) in [6.07, 6.45) is -35.7. The molecule has 0 saturated carbocycles. The van der Waals surface area contributed by atoms with E-state index in [0.29, 0.717) is 0 Å². The Balaban J connectivity index is -0.000000167. The standard InChI is InChI=1S/3C6H12O6.C6H12O5.2C5H10O5/c3*7-1-3(9)5(11)6(12)4(10)2-8;1-3(8)5(10)6(11)4(9)2-7;2*6-1-3(8)5(10)4(9)2-7/h3*1,3-6,8-12H,2H2;2-6,8-11H,1H3;2*1,3-5,7-10H,2H2. The van der Waals surface area contributed by atoms with Gasteiger partial charge in [-0.2, -0.15) is 0 Å².